The van der Waals surface area contributed by atoms with Crippen molar-refractivity contribution in [3.05, 3.63) is 32.6 Å². The lowest BCUT2D eigenvalue weighted by Crippen LogP contribution is -2.52. The van der Waals surface area contributed by atoms with Crippen LogP contribution in [0.25, 0.3) is 0 Å². The monoisotopic (exact) mass is 358 g/mol. The van der Waals surface area contributed by atoms with Crippen molar-refractivity contribution in [1.82, 2.24) is 9.55 Å². The van der Waals surface area contributed by atoms with Crippen LogP contribution in [-0.4, -0.2) is 73.7 Å². The highest BCUT2D eigenvalue weighted by Crippen LogP contribution is 2.43. The number of rotatable bonds is 4. The molecule has 2 aliphatic rings. The maximum atomic E-state index is 12.4. The first-order valence-corrected chi connectivity index (χ1v) is 8.06. The number of nitrogens with zero attached hydrogens (tertiary/aromatic N) is 1. The minimum atomic E-state index is -1.52. The molecule has 0 radical (unpaired) electrons. The number of nitrogens with one attached hydrogen (secondary N) is 1. The molecule has 0 bridgehead atoms. The van der Waals surface area contributed by atoms with Crippen molar-refractivity contribution in [1.29, 1.82) is 0 Å². The molecule has 0 spiro atoms. The highest BCUT2D eigenvalue weighted by atomic mass is 16.6. The maximum absolute atomic E-state index is 12.4. The van der Waals surface area contributed by atoms with Crippen LogP contribution in [0.3, 0.4) is 0 Å². The van der Waals surface area contributed by atoms with Gasteiger partial charge in [0.25, 0.3) is 5.56 Å². The van der Waals surface area contributed by atoms with E-state index in [-0.39, 0.29) is 18.4 Å². The molecular formula is C15H22N2O8. The predicted octanol–water partition coefficient (Wildman–Crippen LogP) is -2.85. The van der Waals surface area contributed by atoms with Crippen LogP contribution in [0.5, 0.6) is 0 Å². The molecule has 0 saturated carbocycles. The molecule has 140 valence electrons. The number of hydrogen-bond donors (Lipinski definition) is 5. The third-order valence-corrected chi connectivity index (χ3v) is 4.90. The van der Waals surface area contributed by atoms with Crippen LogP contribution < -0.4 is 11.2 Å². The molecule has 2 aliphatic heterocycles. The van der Waals surface area contributed by atoms with Crippen LogP contribution >= 0.6 is 0 Å². The van der Waals surface area contributed by atoms with Crippen LogP contribution in [0.15, 0.2) is 15.8 Å². The number of aliphatic hydroxyl groups excluding tert-OH is 4. The largest absolute Gasteiger partial charge is 0.394 e. The SMILES string of the molecule is Cc1cn([C@@]2(C3C[C@H](O)[C@@H](CO)O3)C[C@H](O)[C@@H](CO)O2)c(=O)[nH]c1=O. The van der Waals surface area contributed by atoms with Gasteiger partial charge in [0.1, 0.15) is 18.3 Å². The van der Waals surface area contributed by atoms with Gasteiger partial charge in [-0.05, 0) is 6.92 Å². The fourth-order valence-electron chi connectivity index (χ4n) is 3.53. The second-order valence-electron chi connectivity index (χ2n) is 6.55. The van der Waals surface area contributed by atoms with E-state index in [0.29, 0.717) is 0 Å². The number of ether oxygens (including phenoxy) is 2. The van der Waals surface area contributed by atoms with Crippen LogP contribution in [0.1, 0.15) is 18.4 Å². The summed E-state index contributed by atoms with van der Waals surface area (Å²) in [6.45, 7) is 0.621. The molecule has 2 saturated heterocycles. The molecule has 0 aliphatic carbocycles. The second-order valence-corrected chi connectivity index (χ2v) is 6.55. The predicted molar refractivity (Wildman–Crippen MR) is 83.0 cm³/mol. The van der Waals surface area contributed by atoms with Crippen LogP contribution in [0, 0.1) is 6.92 Å². The smallest absolute Gasteiger partial charge is 0.330 e. The highest BCUT2D eigenvalue weighted by molar-refractivity contribution is 5.08. The topological polar surface area (TPSA) is 154 Å². The number of aryl methyl sites for hydroxylation is 1. The number of aromatic amines is 1. The normalized spacial score (nSPS) is 38.4. The average molecular weight is 358 g/mol. The van der Waals surface area contributed by atoms with Gasteiger partial charge in [-0.3, -0.25) is 14.3 Å². The van der Waals surface area contributed by atoms with E-state index in [2.05, 4.69) is 4.98 Å². The van der Waals surface area contributed by atoms with Crippen LogP contribution in [0.2, 0.25) is 0 Å². The first kappa shape index (κ1) is 18.2. The van der Waals surface area contributed by atoms with Crippen molar-refractivity contribution in [3.8, 4) is 0 Å². The van der Waals surface area contributed by atoms with Crippen molar-refractivity contribution < 1.29 is 29.9 Å². The summed E-state index contributed by atoms with van der Waals surface area (Å²) in [4.78, 5) is 26.2. The molecule has 25 heavy (non-hydrogen) atoms. The fraction of sp³-hybridized carbons (Fsp3) is 0.733. The zero-order valence-corrected chi connectivity index (χ0v) is 13.7. The van der Waals surface area contributed by atoms with E-state index in [0.717, 1.165) is 4.57 Å². The van der Waals surface area contributed by atoms with E-state index in [4.69, 9.17) is 9.47 Å². The molecule has 0 amide bonds. The second kappa shape index (κ2) is 6.63. The lowest BCUT2D eigenvalue weighted by Gasteiger charge is -2.36. The Morgan fingerprint density at radius 1 is 1.24 bits per heavy atom. The zero-order valence-electron chi connectivity index (χ0n) is 13.7. The van der Waals surface area contributed by atoms with E-state index >= 15 is 0 Å². The Kier molecular flexibility index (Phi) is 4.84. The van der Waals surface area contributed by atoms with E-state index in [1.54, 1.807) is 0 Å². The van der Waals surface area contributed by atoms with Crippen molar-refractivity contribution in [2.45, 2.75) is 56.0 Å². The zero-order chi connectivity index (χ0) is 18.4. The summed E-state index contributed by atoms with van der Waals surface area (Å²) in [5.41, 5.74) is -2.58. The summed E-state index contributed by atoms with van der Waals surface area (Å²) in [6, 6.07) is 0. The van der Waals surface area contributed by atoms with Crippen molar-refractivity contribution in [2.24, 2.45) is 0 Å². The molecule has 1 unspecified atom stereocenters. The van der Waals surface area contributed by atoms with Gasteiger partial charge in [-0.25, -0.2) is 4.79 Å². The summed E-state index contributed by atoms with van der Waals surface area (Å²) in [6.07, 6.45) is -3.44. The van der Waals surface area contributed by atoms with E-state index in [9.17, 15) is 30.0 Å². The molecule has 5 N–H and O–H groups in total. The Bertz CT molecular complexity index is 746. The summed E-state index contributed by atoms with van der Waals surface area (Å²) in [5.74, 6) is 0. The Labute approximate surface area is 142 Å². The van der Waals surface area contributed by atoms with Crippen LogP contribution in [0.4, 0.5) is 0 Å². The maximum Gasteiger partial charge on any atom is 0.330 e. The van der Waals surface area contributed by atoms with Gasteiger partial charge in [-0.15, -0.1) is 0 Å². The summed E-state index contributed by atoms with van der Waals surface area (Å²) in [7, 11) is 0. The Morgan fingerprint density at radius 3 is 2.48 bits per heavy atom. The molecule has 6 atom stereocenters. The van der Waals surface area contributed by atoms with Crippen molar-refractivity contribution in [2.75, 3.05) is 13.2 Å². The van der Waals surface area contributed by atoms with E-state index in [1.165, 1.54) is 13.1 Å². The Hall–Kier alpha value is -1.56. The van der Waals surface area contributed by atoms with Gasteiger partial charge in [0, 0.05) is 24.6 Å². The third kappa shape index (κ3) is 2.94. The van der Waals surface area contributed by atoms with E-state index in [1.807, 2.05) is 0 Å². The Balaban J connectivity index is 2.10. The van der Waals surface area contributed by atoms with E-state index < -0.39 is 60.7 Å². The average Bonchev–Trinajstić information content (AvgIpc) is 3.11. The van der Waals surface area contributed by atoms with Crippen molar-refractivity contribution >= 4 is 0 Å². The molecular weight excluding hydrogens is 336 g/mol. The first-order valence-electron chi connectivity index (χ1n) is 8.06. The van der Waals surface area contributed by atoms with Gasteiger partial charge in [0.2, 0.25) is 0 Å². The van der Waals surface area contributed by atoms with Gasteiger partial charge in [-0.2, -0.15) is 0 Å². The van der Waals surface area contributed by atoms with Gasteiger partial charge >= 0.3 is 5.69 Å². The molecule has 1 aromatic heterocycles. The van der Waals surface area contributed by atoms with Gasteiger partial charge in [-0.1, -0.05) is 0 Å². The molecule has 3 rings (SSSR count). The van der Waals surface area contributed by atoms with Gasteiger partial charge < -0.3 is 29.9 Å². The summed E-state index contributed by atoms with van der Waals surface area (Å²) in [5, 5.41) is 39.0. The quantitative estimate of drug-likeness (QED) is 0.385. The van der Waals surface area contributed by atoms with Gasteiger partial charge in [0.15, 0.2) is 5.72 Å². The summed E-state index contributed by atoms with van der Waals surface area (Å²) < 4.78 is 12.6. The lowest BCUT2D eigenvalue weighted by atomic mass is 9.96. The molecule has 10 heteroatoms. The molecule has 2 fully saturated rings. The molecule has 0 aromatic carbocycles. The minimum Gasteiger partial charge on any atom is -0.394 e. The highest BCUT2D eigenvalue weighted by Gasteiger charge is 2.57. The van der Waals surface area contributed by atoms with Crippen molar-refractivity contribution in [3.63, 3.8) is 0 Å². The first-order chi connectivity index (χ1) is 11.8. The molecule has 1 aromatic rings. The third-order valence-electron chi connectivity index (χ3n) is 4.90. The standard InChI is InChI=1S/C15H22N2O8/c1-7-4-17(14(23)16-13(7)22)15(3-9(21)11(6-19)25-15)12-2-8(20)10(5-18)24-12/h4,8-12,18-21H,2-3,5-6H2,1H3,(H,16,22,23)/t8-,9-,10+,11+,12?,15-/m0/s1. The minimum absolute atomic E-state index is 0.0563. The van der Waals surface area contributed by atoms with Gasteiger partial charge in [0.05, 0.1) is 25.4 Å². The lowest BCUT2D eigenvalue weighted by molar-refractivity contribution is -0.193. The van der Waals surface area contributed by atoms with Crippen LogP contribution in [-0.2, 0) is 15.2 Å². The number of hydrogen-bond acceptors (Lipinski definition) is 8. The fourth-order valence-corrected chi connectivity index (χ4v) is 3.53. The Morgan fingerprint density at radius 2 is 1.92 bits per heavy atom. The number of H-pyrrole nitrogens is 1. The number of aromatic nitrogens is 2. The molecule has 10 nitrogen and oxygen atoms in total. The summed E-state index contributed by atoms with van der Waals surface area (Å²) >= 11 is 0. The number of aliphatic hydroxyl groups is 4. The molecule has 3 heterocycles.